The van der Waals surface area contributed by atoms with Gasteiger partial charge >= 0.3 is 0 Å². The van der Waals surface area contributed by atoms with Crippen molar-refractivity contribution in [3.63, 3.8) is 0 Å². The topological polar surface area (TPSA) is 40.5 Å². The number of aliphatic hydroxyl groups excluding tert-OH is 1. The third-order valence-corrected chi connectivity index (χ3v) is 4.15. The molecule has 1 N–H and O–H groups in total. The van der Waals surface area contributed by atoms with E-state index in [0.29, 0.717) is 30.1 Å². The van der Waals surface area contributed by atoms with Crippen LogP contribution in [0.2, 0.25) is 0 Å². The third-order valence-electron chi connectivity index (χ3n) is 3.40. The first-order valence-corrected chi connectivity index (χ1v) is 7.18. The summed E-state index contributed by atoms with van der Waals surface area (Å²) in [5, 5.41) is 10.1. The van der Waals surface area contributed by atoms with Crippen LogP contribution in [0.1, 0.15) is 33.1 Å². The van der Waals surface area contributed by atoms with Crippen LogP contribution in [0.5, 0.6) is 0 Å². The van der Waals surface area contributed by atoms with Gasteiger partial charge in [-0.15, -0.1) is 0 Å². The van der Waals surface area contributed by atoms with Crippen molar-refractivity contribution >= 4 is 21.8 Å². The Labute approximate surface area is 106 Å². The highest BCUT2D eigenvalue weighted by Crippen LogP contribution is 2.25. The molecule has 0 saturated carbocycles. The van der Waals surface area contributed by atoms with Gasteiger partial charge in [0.1, 0.15) is 0 Å². The summed E-state index contributed by atoms with van der Waals surface area (Å²) in [6, 6.07) is 0. The Kier molecular flexibility index (Phi) is 5.76. The molecule has 0 aromatic carbocycles. The lowest BCUT2D eigenvalue weighted by Crippen LogP contribution is -2.37. The molecule has 1 saturated heterocycles. The molecule has 1 heterocycles. The molecule has 1 fully saturated rings. The van der Waals surface area contributed by atoms with E-state index in [-0.39, 0.29) is 5.91 Å². The second-order valence-electron chi connectivity index (χ2n) is 4.98. The minimum atomic E-state index is -0.445. The van der Waals surface area contributed by atoms with Gasteiger partial charge in [-0.2, -0.15) is 0 Å². The predicted molar refractivity (Wildman–Crippen MR) is 68.6 cm³/mol. The van der Waals surface area contributed by atoms with Crippen LogP contribution >= 0.6 is 15.9 Å². The summed E-state index contributed by atoms with van der Waals surface area (Å²) >= 11 is 3.23. The zero-order chi connectivity index (χ0) is 12.1. The molecule has 16 heavy (non-hydrogen) atoms. The number of alkyl halides is 1. The monoisotopic (exact) mass is 291 g/mol. The first-order valence-electron chi connectivity index (χ1n) is 6.06. The summed E-state index contributed by atoms with van der Waals surface area (Å²) in [5.74, 6) is 1.49. The maximum atomic E-state index is 11.8. The van der Waals surface area contributed by atoms with Crippen LogP contribution in [0, 0.1) is 11.8 Å². The number of likely N-dealkylation sites (tertiary alicyclic amines) is 1. The Balaban J connectivity index is 2.50. The fraction of sp³-hybridized carbons (Fsp3) is 0.917. The highest BCUT2D eigenvalue weighted by molar-refractivity contribution is 9.09. The molecular weight excluding hydrogens is 270 g/mol. The number of aliphatic hydroxyl groups is 1. The van der Waals surface area contributed by atoms with Crippen LogP contribution in [0.4, 0.5) is 0 Å². The maximum absolute atomic E-state index is 11.8. The van der Waals surface area contributed by atoms with Gasteiger partial charge in [-0.3, -0.25) is 4.79 Å². The Morgan fingerprint density at radius 3 is 2.75 bits per heavy atom. The number of hydrogen-bond donors (Lipinski definition) is 1. The third kappa shape index (κ3) is 4.06. The molecule has 0 spiro atoms. The van der Waals surface area contributed by atoms with Crippen molar-refractivity contribution in [3.8, 4) is 0 Å². The molecule has 1 rings (SSSR count). The summed E-state index contributed by atoms with van der Waals surface area (Å²) in [5.41, 5.74) is 0. The van der Waals surface area contributed by atoms with Crippen LogP contribution < -0.4 is 0 Å². The average molecular weight is 292 g/mol. The fourth-order valence-corrected chi connectivity index (χ4v) is 2.43. The number of carbonyl (C=O) groups excluding carboxylic acids is 1. The van der Waals surface area contributed by atoms with Crippen LogP contribution in [0.3, 0.4) is 0 Å². The van der Waals surface area contributed by atoms with Gasteiger partial charge in [-0.05, 0) is 24.7 Å². The summed E-state index contributed by atoms with van der Waals surface area (Å²) in [6.07, 6.45) is 2.26. The number of halogens is 1. The molecule has 2 atom stereocenters. The van der Waals surface area contributed by atoms with E-state index < -0.39 is 6.10 Å². The van der Waals surface area contributed by atoms with Crippen molar-refractivity contribution in [1.29, 1.82) is 0 Å². The molecule has 1 aliphatic rings. The van der Waals surface area contributed by atoms with Crippen LogP contribution in [-0.4, -0.2) is 40.4 Å². The molecule has 0 radical (unpaired) electrons. The van der Waals surface area contributed by atoms with Crippen LogP contribution in [-0.2, 0) is 4.79 Å². The van der Waals surface area contributed by atoms with Crippen molar-refractivity contribution in [2.75, 3.05) is 18.4 Å². The predicted octanol–water partition coefficient (Wildman–Crippen LogP) is 2.03. The Bertz CT molecular complexity index is 233. The smallest absolute Gasteiger partial charge is 0.222 e. The molecule has 0 aromatic rings. The summed E-state index contributed by atoms with van der Waals surface area (Å²) in [7, 11) is 0. The maximum Gasteiger partial charge on any atom is 0.222 e. The SMILES string of the molecule is CC(C)C1CCC(=O)N(CC(O)CBr)CC1. The van der Waals surface area contributed by atoms with Gasteiger partial charge < -0.3 is 10.0 Å². The van der Waals surface area contributed by atoms with Gasteiger partial charge in [0, 0.05) is 24.8 Å². The lowest BCUT2D eigenvalue weighted by molar-refractivity contribution is -0.131. The highest BCUT2D eigenvalue weighted by Gasteiger charge is 2.25. The Morgan fingerprint density at radius 2 is 2.19 bits per heavy atom. The number of nitrogens with zero attached hydrogens (tertiary/aromatic N) is 1. The molecule has 1 amide bonds. The second-order valence-corrected chi connectivity index (χ2v) is 5.63. The summed E-state index contributed by atoms with van der Waals surface area (Å²) in [6.45, 7) is 5.71. The zero-order valence-electron chi connectivity index (χ0n) is 10.2. The average Bonchev–Trinajstić information content (AvgIpc) is 2.42. The van der Waals surface area contributed by atoms with Gasteiger partial charge in [0.25, 0.3) is 0 Å². The molecule has 0 bridgehead atoms. The normalized spacial score (nSPS) is 24.7. The molecule has 2 unspecified atom stereocenters. The minimum absolute atomic E-state index is 0.197. The lowest BCUT2D eigenvalue weighted by atomic mass is 9.89. The van der Waals surface area contributed by atoms with Gasteiger partial charge in [0.2, 0.25) is 5.91 Å². The Hall–Kier alpha value is -0.0900. The van der Waals surface area contributed by atoms with E-state index in [1.54, 1.807) is 0 Å². The van der Waals surface area contributed by atoms with Gasteiger partial charge in [0.05, 0.1) is 6.10 Å². The van der Waals surface area contributed by atoms with Crippen molar-refractivity contribution in [3.05, 3.63) is 0 Å². The lowest BCUT2D eigenvalue weighted by Gasteiger charge is -2.23. The van der Waals surface area contributed by atoms with E-state index >= 15 is 0 Å². The molecule has 3 nitrogen and oxygen atoms in total. The van der Waals surface area contributed by atoms with Crippen molar-refractivity contribution in [2.24, 2.45) is 11.8 Å². The number of β-amino-alcohol motifs (C(OH)–C–C–N with tert-alkyl or cyclic N) is 1. The van der Waals surface area contributed by atoms with Crippen LogP contribution in [0.25, 0.3) is 0 Å². The van der Waals surface area contributed by atoms with Crippen molar-refractivity contribution in [2.45, 2.75) is 39.2 Å². The van der Waals surface area contributed by atoms with Crippen molar-refractivity contribution < 1.29 is 9.90 Å². The molecule has 4 heteroatoms. The van der Waals surface area contributed by atoms with Crippen LogP contribution in [0.15, 0.2) is 0 Å². The van der Waals surface area contributed by atoms with Gasteiger partial charge in [-0.25, -0.2) is 0 Å². The molecule has 0 aliphatic carbocycles. The van der Waals surface area contributed by atoms with E-state index in [0.717, 1.165) is 19.4 Å². The van der Waals surface area contributed by atoms with Gasteiger partial charge in [0.15, 0.2) is 0 Å². The van der Waals surface area contributed by atoms with Crippen molar-refractivity contribution in [1.82, 2.24) is 4.90 Å². The zero-order valence-corrected chi connectivity index (χ0v) is 11.7. The molecule has 0 aromatic heterocycles. The quantitative estimate of drug-likeness (QED) is 0.805. The summed E-state index contributed by atoms with van der Waals surface area (Å²) < 4.78 is 0. The Morgan fingerprint density at radius 1 is 1.50 bits per heavy atom. The minimum Gasteiger partial charge on any atom is -0.390 e. The van der Waals surface area contributed by atoms with E-state index in [9.17, 15) is 9.90 Å². The number of amides is 1. The van der Waals surface area contributed by atoms with E-state index in [1.807, 2.05) is 4.90 Å². The molecule has 1 aliphatic heterocycles. The van der Waals surface area contributed by atoms with E-state index in [1.165, 1.54) is 0 Å². The van der Waals surface area contributed by atoms with Gasteiger partial charge in [-0.1, -0.05) is 29.8 Å². The summed E-state index contributed by atoms with van der Waals surface area (Å²) in [4.78, 5) is 13.6. The number of carbonyl (C=O) groups is 1. The number of hydrogen-bond acceptors (Lipinski definition) is 2. The van der Waals surface area contributed by atoms with E-state index in [2.05, 4.69) is 29.8 Å². The first-order chi connectivity index (χ1) is 7.54. The largest absolute Gasteiger partial charge is 0.390 e. The number of rotatable bonds is 4. The van der Waals surface area contributed by atoms with E-state index in [4.69, 9.17) is 0 Å². The standard InChI is InChI=1S/C12H22BrNO2/c1-9(2)10-3-4-12(16)14(6-5-10)8-11(15)7-13/h9-11,15H,3-8H2,1-2H3. The first kappa shape index (κ1) is 14.0. The molecular formula is C12H22BrNO2. The fourth-order valence-electron chi connectivity index (χ4n) is 2.22. The highest BCUT2D eigenvalue weighted by atomic mass is 79.9. The second kappa shape index (κ2) is 6.60. The molecule has 94 valence electrons.